The van der Waals surface area contributed by atoms with Gasteiger partial charge < -0.3 is 9.72 Å². The van der Waals surface area contributed by atoms with Gasteiger partial charge in [0, 0.05) is 32.0 Å². The molecule has 0 aliphatic carbocycles. The Morgan fingerprint density at radius 1 is 1.43 bits per heavy atom. The molecule has 1 aromatic carbocycles. The van der Waals surface area contributed by atoms with Crippen molar-refractivity contribution in [3.05, 3.63) is 41.2 Å². The maximum Gasteiger partial charge on any atom is 0.305 e. The van der Waals surface area contributed by atoms with Crippen LogP contribution >= 0.6 is 55.0 Å². The second kappa shape index (κ2) is 4.88. The molecule has 0 bridgehead atoms. The molecule has 2 aliphatic heterocycles. The van der Waals surface area contributed by atoms with Crippen molar-refractivity contribution in [2.45, 2.75) is 17.9 Å². The molecule has 0 spiro atoms. The molecule has 2 aromatic rings. The lowest BCUT2D eigenvalue weighted by molar-refractivity contribution is 0.136. The molecule has 2 atom stereocenters. The van der Waals surface area contributed by atoms with Crippen molar-refractivity contribution in [2.24, 2.45) is 5.41 Å². The normalized spacial score (nSPS) is 26.5. The second-order valence-corrected chi connectivity index (χ2v) is 9.45. The van der Waals surface area contributed by atoms with E-state index in [0.29, 0.717) is 6.61 Å². The van der Waals surface area contributed by atoms with Crippen molar-refractivity contribution < 1.29 is 4.74 Å². The maximum absolute atomic E-state index is 11.8. The summed E-state index contributed by atoms with van der Waals surface area (Å²) in [7, 11) is 0. The molecule has 2 aliphatic rings. The van der Waals surface area contributed by atoms with Crippen LogP contribution in [0.2, 0.25) is 0 Å². The van der Waals surface area contributed by atoms with Gasteiger partial charge in [0.15, 0.2) is 0 Å². The van der Waals surface area contributed by atoms with Gasteiger partial charge in [0.1, 0.15) is 5.75 Å². The minimum Gasteiger partial charge on any atom is -0.491 e. The number of thioether (sulfide) groups is 1. The van der Waals surface area contributed by atoms with Gasteiger partial charge in [0.25, 0.3) is 0 Å². The van der Waals surface area contributed by atoms with E-state index in [4.69, 9.17) is 4.74 Å². The molecular formula is C14H11Br2NO2S2. The Labute approximate surface area is 146 Å². The number of nitrogens with one attached hydrogen (secondary N) is 1. The molecule has 21 heavy (non-hydrogen) atoms. The Balaban J connectivity index is 2.00. The summed E-state index contributed by atoms with van der Waals surface area (Å²) >= 11 is 10.2. The summed E-state index contributed by atoms with van der Waals surface area (Å²) in [5.74, 6) is 2.05. The van der Waals surface area contributed by atoms with Crippen LogP contribution in [0.4, 0.5) is 0 Å². The molecule has 0 saturated carbocycles. The monoisotopic (exact) mass is 447 g/mol. The molecular weight excluding hydrogens is 438 g/mol. The van der Waals surface area contributed by atoms with Crippen LogP contribution in [0, 0.1) is 5.41 Å². The Hall–Kier alpha value is -0.240. The summed E-state index contributed by atoms with van der Waals surface area (Å²) in [6.07, 6.45) is 0. The fraction of sp³-hybridized carbons (Fsp3) is 0.357. The third-order valence-corrected chi connectivity index (χ3v) is 7.58. The number of halogens is 2. The first-order valence-electron chi connectivity index (χ1n) is 6.45. The van der Waals surface area contributed by atoms with Crippen molar-refractivity contribution >= 4 is 55.0 Å². The number of aromatic nitrogens is 1. The Bertz CT molecular complexity index is 801. The molecule has 110 valence electrons. The predicted octanol–water partition coefficient (Wildman–Crippen LogP) is 4.60. The largest absolute Gasteiger partial charge is 0.491 e. The Morgan fingerprint density at radius 3 is 3.05 bits per heavy atom. The molecule has 0 radical (unpaired) electrons. The first-order valence-corrected chi connectivity index (χ1v) is 9.84. The quantitative estimate of drug-likeness (QED) is 0.640. The molecule has 3 nitrogen and oxygen atoms in total. The van der Waals surface area contributed by atoms with Gasteiger partial charge in [-0.1, -0.05) is 34.2 Å². The van der Waals surface area contributed by atoms with E-state index in [1.54, 1.807) is 11.8 Å². The molecule has 0 fully saturated rings. The highest BCUT2D eigenvalue weighted by molar-refractivity contribution is 9.11. The van der Waals surface area contributed by atoms with Crippen molar-refractivity contribution in [3.8, 4) is 5.75 Å². The van der Waals surface area contributed by atoms with E-state index in [1.165, 1.54) is 11.3 Å². The zero-order chi connectivity index (χ0) is 14.8. The van der Waals surface area contributed by atoms with E-state index >= 15 is 0 Å². The minimum atomic E-state index is 0.00995. The second-order valence-electron chi connectivity index (χ2n) is 5.68. The number of aromatic amines is 1. The summed E-state index contributed by atoms with van der Waals surface area (Å²) in [6.45, 7) is 2.92. The lowest BCUT2D eigenvalue weighted by atomic mass is 9.72. The molecule has 4 rings (SSSR count). The molecule has 7 heteroatoms. The van der Waals surface area contributed by atoms with Crippen LogP contribution < -0.4 is 9.61 Å². The van der Waals surface area contributed by atoms with E-state index in [2.05, 4.69) is 49.8 Å². The number of hydrogen-bond acceptors (Lipinski definition) is 4. The van der Waals surface area contributed by atoms with Gasteiger partial charge in [0.05, 0.1) is 16.1 Å². The fourth-order valence-electron chi connectivity index (χ4n) is 3.09. The van der Waals surface area contributed by atoms with Gasteiger partial charge in [0.2, 0.25) is 0 Å². The number of ether oxygens (including phenoxy) is 1. The molecule has 1 aromatic heterocycles. The van der Waals surface area contributed by atoms with Gasteiger partial charge in [-0.25, -0.2) is 0 Å². The Kier molecular flexibility index (Phi) is 3.33. The molecule has 1 N–H and O–H groups in total. The molecule has 0 saturated heterocycles. The third kappa shape index (κ3) is 2.16. The highest BCUT2D eigenvalue weighted by atomic mass is 79.9. The zero-order valence-corrected chi connectivity index (χ0v) is 15.8. The van der Waals surface area contributed by atoms with Crippen LogP contribution in [-0.4, -0.2) is 17.3 Å². The van der Waals surface area contributed by atoms with Gasteiger partial charge in [-0.2, -0.15) is 0 Å². The number of fused-ring (bicyclic) bond motifs is 5. The SMILES string of the molecule is CC12COc3c(Br)cc(Br)cc3C1c1sc(=O)[nH]c1SC2. The number of H-pyrrole nitrogens is 1. The van der Waals surface area contributed by atoms with Crippen LogP contribution in [0.1, 0.15) is 23.3 Å². The van der Waals surface area contributed by atoms with E-state index in [9.17, 15) is 4.79 Å². The smallest absolute Gasteiger partial charge is 0.305 e. The predicted molar refractivity (Wildman–Crippen MR) is 93.0 cm³/mol. The lowest BCUT2D eigenvalue weighted by Crippen LogP contribution is -2.40. The topological polar surface area (TPSA) is 42.1 Å². The van der Waals surface area contributed by atoms with Crippen LogP contribution in [0.15, 0.2) is 30.9 Å². The summed E-state index contributed by atoms with van der Waals surface area (Å²) in [6, 6.07) is 4.12. The molecule has 0 amide bonds. The number of hydrogen-bond donors (Lipinski definition) is 1. The Morgan fingerprint density at radius 2 is 2.24 bits per heavy atom. The highest BCUT2D eigenvalue weighted by Gasteiger charge is 2.47. The first kappa shape index (κ1) is 14.4. The summed E-state index contributed by atoms with van der Waals surface area (Å²) in [4.78, 5) is 15.9. The van der Waals surface area contributed by atoms with Gasteiger partial charge in [-0.3, -0.25) is 4.79 Å². The number of benzene rings is 1. The van der Waals surface area contributed by atoms with Crippen LogP contribution in [-0.2, 0) is 0 Å². The minimum absolute atomic E-state index is 0.00995. The van der Waals surface area contributed by atoms with Crippen LogP contribution in [0.25, 0.3) is 0 Å². The van der Waals surface area contributed by atoms with E-state index in [0.717, 1.165) is 35.9 Å². The van der Waals surface area contributed by atoms with Crippen LogP contribution in [0.3, 0.4) is 0 Å². The summed E-state index contributed by atoms with van der Waals surface area (Å²) in [5, 5.41) is 1.02. The van der Waals surface area contributed by atoms with Crippen molar-refractivity contribution in [1.29, 1.82) is 0 Å². The zero-order valence-electron chi connectivity index (χ0n) is 11.0. The van der Waals surface area contributed by atoms with Gasteiger partial charge in [-0.05, 0) is 28.1 Å². The lowest BCUT2D eigenvalue weighted by Gasteiger charge is -2.44. The summed E-state index contributed by atoms with van der Waals surface area (Å²) < 4.78 is 8.01. The van der Waals surface area contributed by atoms with Gasteiger partial charge >= 0.3 is 4.87 Å². The number of thiazole rings is 1. The van der Waals surface area contributed by atoms with Crippen molar-refractivity contribution in [1.82, 2.24) is 4.98 Å². The third-order valence-electron chi connectivity index (χ3n) is 4.04. The number of rotatable bonds is 0. The van der Waals surface area contributed by atoms with Crippen molar-refractivity contribution in [3.63, 3.8) is 0 Å². The molecule has 3 heterocycles. The fourth-order valence-corrected chi connectivity index (χ4v) is 7.00. The van der Waals surface area contributed by atoms with E-state index in [1.807, 2.05) is 6.07 Å². The average Bonchev–Trinajstić information content (AvgIpc) is 2.77. The highest BCUT2D eigenvalue weighted by Crippen LogP contribution is 2.57. The average molecular weight is 449 g/mol. The molecule has 2 unspecified atom stereocenters. The van der Waals surface area contributed by atoms with Crippen LogP contribution in [0.5, 0.6) is 5.75 Å². The standard InChI is InChI=1S/C14H11Br2NO2S2/c1-14-4-19-10-7(2-6(15)3-8(10)16)9(14)11-12(20-5-14)17-13(18)21-11/h2-3,9H,4-5H2,1H3,(H,17,18). The first-order chi connectivity index (χ1) is 9.98. The van der Waals surface area contributed by atoms with Crippen molar-refractivity contribution in [2.75, 3.05) is 12.4 Å². The van der Waals surface area contributed by atoms with Gasteiger partial charge in [-0.15, -0.1) is 11.8 Å². The van der Waals surface area contributed by atoms with E-state index < -0.39 is 0 Å². The summed E-state index contributed by atoms with van der Waals surface area (Å²) in [5.41, 5.74) is 1.16. The maximum atomic E-state index is 11.8. The van der Waals surface area contributed by atoms with E-state index in [-0.39, 0.29) is 16.2 Å².